The van der Waals surface area contributed by atoms with Crippen LogP contribution in [0, 0.1) is 5.82 Å². The van der Waals surface area contributed by atoms with E-state index in [0.29, 0.717) is 44.3 Å². The third-order valence-corrected chi connectivity index (χ3v) is 7.63. The molecule has 0 bridgehead atoms. The molecule has 38 heavy (non-hydrogen) atoms. The minimum absolute atomic E-state index is 0.0877. The van der Waals surface area contributed by atoms with Crippen LogP contribution < -0.4 is 9.80 Å². The number of anilines is 2. The van der Waals surface area contributed by atoms with Gasteiger partial charge in [0.25, 0.3) is 0 Å². The van der Waals surface area contributed by atoms with E-state index < -0.39 is 0 Å². The highest BCUT2D eigenvalue weighted by molar-refractivity contribution is 5.92. The molecule has 3 heterocycles. The zero-order chi connectivity index (χ0) is 27.1. The summed E-state index contributed by atoms with van der Waals surface area (Å²) in [6.45, 7) is 13.1. The van der Waals surface area contributed by atoms with Crippen LogP contribution in [0.4, 0.5) is 15.9 Å². The Balaban J connectivity index is 1.44. The molecular formula is C29H41FN6O2. The second kappa shape index (κ2) is 13.2. The summed E-state index contributed by atoms with van der Waals surface area (Å²) in [6.07, 6.45) is 3.03. The molecule has 1 aromatic carbocycles. The SMILES string of the molecule is CC(=O)N1CCCN(C(C)C)CCN(C(=O)CCN2CCN(c3ccccn3)CC2)Cc2ccc(F)cc21. The Morgan fingerprint density at radius 2 is 1.76 bits per heavy atom. The molecule has 9 heteroatoms. The first kappa shape index (κ1) is 28.0. The Kier molecular flexibility index (Phi) is 9.69. The summed E-state index contributed by atoms with van der Waals surface area (Å²) in [5.74, 6) is 0.590. The fourth-order valence-electron chi connectivity index (χ4n) is 5.33. The lowest BCUT2D eigenvalue weighted by molar-refractivity contribution is -0.132. The van der Waals surface area contributed by atoms with Crippen molar-refractivity contribution in [3.8, 4) is 0 Å². The Morgan fingerprint density at radius 3 is 2.45 bits per heavy atom. The first-order valence-corrected chi connectivity index (χ1v) is 13.8. The summed E-state index contributed by atoms with van der Waals surface area (Å²) in [5.41, 5.74) is 1.37. The molecule has 4 rings (SSSR count). The van der Waals surface area contributed by atoms with Gasteiger partial charge < -0.3 is 14.7 Å². The molecule has 2 aromatic rings. The highest BCUT2D eigenvalue weighted by Gasteiger charge is 2.25. The first-order valence-electron chi connectivity index (χ1n) is 13.8. The Hall–Kier alpha value is -3.04. The van der Waals surface area contributed by atoms with Gasteiger partial charge in [-0.15, -0.1) is 0 Å². The van der Waals surface area contributed by atoms with E-state index >= 15 is 0 Å². The Morgan fingerprint density at radius 1 is 0.974 bits per heavy atom. The van der Waals surface area contributed by atoms with E-state index in [1.165, 1.54) is 19.1 Å². The molecule has 0 N–H and O–H groups in total. The zero-order valence-electron chi connectivity index (χ0n) is 23.0. The van der Waals surface area contributed by atoms with Crippen LogP contribution in [0.3, 0.4) is 0 Å². The average molecular weight is 525 g/mol. The molecule has 0 unspecified atom stereocenters. The number of piperazine rings is 1. The standard InChI is InChI=1S/C29H41FN6O2/c1-23(2)33-12-6-13-36(24(3)37)27-21-26(30)9-8-25(27)22-35(20-19-33)29(38)10-14-32-15-17-34(18-16-32)28-7-4-5-11-31-28/h4-5,7-9,11,21,23H,6,10,12-20,22H2,1-3H3. The van der Waals surface area contributed by atoms with Crippen molar-refractivity contribution in [3.05, 3.63) is 54.0 Å². The van der Waals surface area contributed by atoms with Gasteiger partial charge in [-0.2, -0.15) is 0 Å². The molecule has 1 saturated heterocycles. The number of carbonyl (C=O) groups is 2. The molecule has 0 aliphatic carbocycles. The van der Waals surface area contributed by atoms with Crippen molar-refractivity contribution < 1.29 is 14.0 Å². The molecule has 0 saturated carbocycles. The van der Waals surface area contributed by atoms with Gasteiger partial charge >= 0.3 is 0 Å². The van der Waals surface area contributed by atoms with Gasteiger partial charge in [-0.05, 0) is 50.1 Å². The monoisotopic (exact) mass is 524 g/mol. The fraction of sp³-hybridized carbons (Fsp3) is 0.552. The topological polar surface area (TPSA) is 63.2 Å². The van der Waals surface area contributed by atoms with Gasteiger partial charge in [0.15, 0.2) is 0 Å². The number of hydrogen-bond acceptors (Lipinski definition) is 6. The predicted molar refractivity (Wildman–Crippen MR) is 149 cm³/mol. The fourth-order valence-corrected chi connectivity index (χ4v) is 5.33. The van der Waals surface area contributed by atoms with Gasteiger partial charge in [0.1, 0.15) is 11.6 Å². The Bertz CT molecular complexity index is 1070. The maximum Gasteiger partial charge on any atom is 0.224 e. The molecular weight excluding hydrogens is 483 g/mol. The summed E-state index contributed by atoms with van der Waals surface area (Å²) < 4.78 is 14.3. The van der Waals surface area contributed by atoms with E-state index in [9.17, 15) is 14.0 Å². The van der Waals surface area contributed by atoms with Crippen molar-refractivity contribution in [1.82, 2.24) is 19.7 Å². The van der Waals surface area contributed by atoms with Crippen molar-refractivity contribution in [3.63, 3.8) is 0 Å². The lowest BCUT2D eigenvalue weighted by Gasteiger charge is -2.35. The maximum absolute atomic E-state index is 14.3. The number of aromatic nitrogens is 1. The molecule has 8 nitrogen and oxygen atoms in total. The highest BCUT2D eigenvalue weighted by Crippen LogP contribution is 2.25. The van der Waals surface area contributed by atoms with Crippen molar-refractivity contribution in [2.75, 3.05) is 68.7 Å². The second-order valence-corrected chi connectivity index (χ2v) is 10.5. The third-order valence-electron chi connectivity index (χ3n) is 7.63. The zero-order valence-corrected chi connectivity index (χ0v) is 23.0. The Labute approximate surface area is 226 Å². The van der Waals surface area contributed by atoms with Crippen molar-refractivity contribution in [2.24, 2.45) is 0 Å². The molecule has 0 spiro atoms. The van der Waals surface area contributed by atoms with Crippen LogP contribution in [0.25, 0.3) is 0 Å². The van der Waals surface area contributed by atoms with Crippen LogP contribution >= 0.6 is 0 Å². The van der Waals surface area contributed by atoms with Crippen LogP contribution in [-0.2, 0) is 16.1 Å². The van der Waals surface area contributed by atoms with Crippen molar-refractivity contribution >= 4 is 23.3 Å². The molecule has 2 aliphatic heterocycles. The van der Waals surface area contributed by atoms with Crippen LogP contribution in [0.2, 0.25) is 0 Å². The number of halogens is 1. The predicted octanol–water partition coefficient (Wildman–Crippen LogP) is 3.23. The number of hydrogen-bond donors (Lipinski definition) is 0. The van der Waals surface area contributed by atoms with Crippen LogP contribution in [0.1, 0.15) is 39.2 Å². The molecule has 2 amide bonds. The summed E-state index contributed by atoms with van der Waals surface area (Å²) >= 11 is 0. The number of nitrogens with zero attached hydrogens (tertiary/aromatic N) is 6. The summed E-state index contributed by atoms with van der Waals surface area (Å²) in [4.78, 5) is 41.1. The van der Waals surface area contributed by atoms with Crippen LogP contribution in [0.15, 0.2) is 42.6 Å². The molecule has 0 atom stereocenters. The maximum atomic E-state index is 14.3. The number of carbonyl (C=O) groups excluding carboxylic acids is 2. The second-order valence-electron chi connectivity index (χ2n) is 10.5. The van der Waals surface area contributed by atoms with Crippen LogP contribution in [-0.4, -0.2) is 96.4 Å². The van der Waals surface area contributed by atoms with Gasteiger partial charge in [-0.3, -0.25) is 19.4 Å². The van der Waals surface area contributed by atoms with Crippen LogP contribution in [0.5, 0.6) is 0 Å². The number of benzene rings is 1. The summed E-state index contributed by atoms with van der Waals surface area (Å²) in [5, 5.41) is 0. The van der Waals surface area contributed by atoms with Gasteiger partial charge in [0.2, 0.25) is 11.8 Å². The molecule has 206 valence electrons. The lowest BCUT2D eigenvalue weighted by atomic mass is 10.1. The van der Waals surface area contributed by atoms with E-state index in [4.69, 9.17) is 0 Å². The summed E-state index contributed by atoms with van der Waals surface area (Å²) in [6, 6.07) is 10.9. The van der Waals surface area contributed by atoms with Gasteiger partial charge in [-0.25, -0.2) is 9.37 Å². The normalized spacial score (nSPS) is 18.3. The van der Waals surface area contributed by atoms with E-state index in [0.717, 1.165) is 57.1 Å². The first-order chi connectivity index (χ1) is 18.3. The number of pyridine rings is 1. The third kappa shape index (κ3) is 7.29. The quantitative estimate of drug-likeness (QED) is 0.599. The minimum Gasteiger partial charge on any atom is -0.354 e. The van der Waals surface area contributed by atoms with E-state index in [1.54, 1.807) is 11.0 Å². The summed E-state index contributed by atoms with van der Waals surface area (Å²) in [7, 11) is 0. The average Bonchev–Trinajstić information content (AvgIpc) is 2.95. The van der Waals surface area contributed by atoms with E-state index in [1.807, 2.05) is 29.3 Å². The number of fused-ring (bicyclic) bond motifs is 1. The number of amides is 2. The molecule has 1 aromatic heterocycles. The lowest BCUT2D eigenvalue weighted by Crippen LogP contribution is -2.48. The van der Waals surface area contributed by atoms with Gasteiger partial charge in [0, 0.05) is 91.0 Å². The largest absolute Gasteiger partial charge is 0.354 e. The van der Waals surface area contributed by atoms with E-state index in [2.05, 4.69) is 33.5 Å². The van der Waals surface area contributed by atoms with Crippen molar-refractivity contribution in [2.45, 2.75) is 46.2 Å². The highest BCUT2D eigenvalue weighted by atomic mass is 19.1. The minimum atomic E-state index is -0.378. The smallest absolute Gasteiger partial charge is 0.224 e. The molecule has 1 fully saturated rings. The number of rotatable bonds is 5. The van der Waals surface area contributed by atoms with E-state index in [-0.39, 0.29) is 17.6 Å². The van der Waals surface area contributed by atoms with Crippen molar-refractivity contribution in [1.29, 1.82) is 0 Å². The molecule has 0 radical (unpaired) electrons. The molecule has 2 aliphatic rings. The van der Waals surface area contributed by atoms with Gasteiger partial charge in [-0.1, -0.05) is 12.1 Å². The van der Waals surface area contributed by atoms with Gasteiger partial charge in [0.05, 0.1) is 5.69 Å².